The third-order valence-corrected chi connectivity index (χ3v) is 4.25. The Bertz CT molecular complexity index is 426. The summed E-state index contributed by atoms with van der Waals surface area (Å²) >= 11 is 3.58. The molecule has 0 radical (unpaired) electrons. The number of benzene rings is 1. The average molecular weight is 295 g/mol. The van der Waals surface area contributed by atoms with Crippen LogP contribution in [0, 0.1) is 6.92 Å². The van der Waals surface area contributed by atoms with Crippen LogP contribution in [-0.2, 0) is 0 Å². The molecule has 1 aliphatic rings. The Balaban J connectivity index is 2.28. The average Bonchev–Trinajstić information content (AvgIpc) is 2.36. The van der Waals surface area contributed by atoms with Crippen molar-refractivity contribution in [1.29, 1.82) is 0 Å². The molecule has 0 bridgehead atoms. The quantitative estimate of drug-likeness (QED) is 0.506. The number of allylic oxidation sites excluding steroid dienone is 1. The van der Waals surface area contributed by atoms with Gasteiger partial charge in [-0.15, -0.1) is 0 Å². The smallest absolute Gasteiger partial charge is 0.0670 e. The molecule has 0 fully saturated rings. The summed E-state index contributed by atoms with van der Waals surface area (Å²) in [4.78, 5) is 0. The van der Waals surface area contributed by atoms with E-state index < -0.39 is 0 Å². The van der Waals surface area contributed by atoms with Crippen molar-refractivity contribution >= 4 is 15.9 Å². The third kappa shape index (κ3) is 2.97. The van der Waals surface area contributed by atoms with E-state index in [0.29, 0.717) is 0 Å². The molecule has 0 aromatic heterocycles. The van der Waals surface area contributed by atoms with E-state index in [0.717, 1.165) is 10.9 Å². The summed E-state index contributed by atoms with van der Waals surface area (Å²) < 4.78 is 1.15. The fraction of sp³-hybridized carbons (Fsp3) is 0.429. The number of nitrogens with one attached hydrogen (secondary N) is 1. The second-order valence-corrected chi connectivity index (χ2v) is 5.49. The van der Waals surface area contributed by atoms with Gasteiger partial charge < -0.3 is 0 Å². The Morgan fingerprint density at radius 3 is 2.76 bits per heavy atom. The molecule has 2 rings (SSSR count). The lowest BCUT2D eigenvalue weighted by molar-refractivity contribution is 0.565. The molecule has 1 aromatic carbocycles. The lowest BCUT2D eigenvalue weighted by Gasteiger charge is -2.23. The molecule has 0 amide bonds. The molecular weight excluding hydrogens is 276 g/mol. The predicted molar refractivity (Wildman–Crippen MR) is 75.5 cm³/mol. The summed E-state index contributed by atoms with van der Waals surface area (Å²) in [5.74, 6) is 5.72. The summed E-state index contributed by atoms with van der Waals surface area (Å²) in [6.45, 7) is 2.10. The topological polar surface area (TPSA) is 38.0 Å². The molecule has 1 aromatic rings. The first kappa shape index (κ1) is 12.8. The van der Waals surface area contributed by atoms with Gasteiger partial charge in [0.05, 0.1) is 6.04 Å². The van der Waals surface area contributed by atoms with Crippen LogP contribution in [0.1, 0.15) is 42.9 Å². The van der Waals surface area contributed by atoms with Gasteiger partial charge in [-0.2, -0.15) is 0 Å². The molecule has 3 N–H and O–H groups in total. The van der Waals surface area contributed by atoms with Crippen molar-refractivity contribution in [3.8, 4) is 0 Å². The molecular formula is C14H19BrN2. The van der Waals surface area contributed by atoms with Crippen LogP contribution < -0.4 is 11.3 Å². The number of rotatable bonds is 3. The lowest BCUT2D eigenvalue weighted by atomic mass is 9.90. The fourth-order valence-electron chi connectivity index (χ4n) is 2.33. The summed E-state index contributed by atoms with van der Waals surface area (Å²) in [6, 6.07) is 6.61. The van der Waals surface area contributed by atoms with Crippen LogP contribution in [0.25, 0.3) is 0 Å². The zero-order valence-corrected chi connectivity index (χ0v) is 11.8. The van der Waals surface area contributed by atoms with Gasteiger partial charge in [0.2, 0.25) is 0 Å². The highest BCUT2D eigenvalue weighted by Gasteiger charge is 2.17. The minimum absolute atomic E-state index is 0.159. The number of aryl methyl sites for hydroxylation is 1. The summed E-state index contributed by atoms with van der Waals surface area (Å²) in [6.07, 6.45) is 7.25. The highest BCUT2D eigenvalue weighted by atomic mass is 79.9. The lowest BCUT2D eigenvalue weighted by Crippen LogP contribution is -2.30. The number of hydrazine groups is 1. The molecule has 3 heteroatoms. The third-order valence-electron chi connectivity index (χ3n) is 3.39. The van der Waals surface area contributed by atoms with Crippen LogP contribution >= 0.6 is 15.9 Å². The van der Waals surface area contributed by atoms with Gasteiger partial charge in [-0.1, -0.05) is 39.7 Å². The second-order valence-electron chi connectivity index (χ2n) is 4.63. The second kappa shape index (κ2) is 5.80. The maximum Gasteiger partial charge on any atom is 0.0670 e. The van der Waals surface area contributed by atoms with Crippen molar-refractivity contribution in [2.75, 3.05) is 0 Å². The molecule has 0 saturated heterocycles. The Morgan fingerprint density at radius 2 is 2.18 bits per heavy atom. The fourth-order valence-corrected chi connectivity index (χ4v) is 2.73. The summed E-state index contributed by atoms with van der Waals surface area (Å²) in [7, 11) is 0. The number of nitrogens with two attached hydrogens (primary N) is 1. The standard InChI is InChI=1S/C14H19BrN2/c1-10-7-8-12(9-13(10)15)14(17-16)11-5-3-2-4-6-11/h5,7-9,14,17H,2-4,6,16H2,1H3. The predicted octanol–water partition coefficient (Wildman–Crippen LogP) is 3.76. The van der Waals surface area contributed by atoms with Crippen molar-refractivity contribution in [3.63, 3.8) is 0 Å². The van der Waals surface area contributed by atoms with Crippen LogP contribution in [0.15, 0.2) is 34.3 Å². The van der Waals surface area contributed by atoms with Crippen LogP contribution in [0.2, 0.25) is 0 Å². The SMILES string of the molecule is Cc1ccc(C(NN)C2=CCCCC2)cc1Br. The van der Waals surface area contributed by atoms with Crippen molar-refractivity contribution < 1.29 is 0 Å². The minimum atomic E-state index is 0.159. The Morgan fingerprint density at radius 1 is 1.35 bits per heavy atom. The van der Waals surface area contributed by atoms with Gasteiger partial charge in [0.15, 0.2) is 0 Å². The Hall–Kier alpha value is -0.640. The Kier molecular flexibility index (Phi) is 4.37. The summed E-state index contributed by atoms with van der Waals surface area (Å²) in [5, 5.41) is 0. The summed E-state index contributed by atoms with van der Waals surface area (Å²) in [5.41, 5.74) is 6.86. The number of halogens is 1. The molecule has 0 aliphatic heterocycles. The van der Waals surface area contributed by atoms with E-state index in [4.69, 9.17) is 5.84 Å². The molecule has 0 heterocycles. The zero-order chi connectivity index (χ0) is 12.3. The highest BCUT2D eigenvalue weighted by molar-refractivity contribution is 9.10. The van der Waals surface area contributed by atoms with E-state index in [2.05, 4.69) is 52.6 Å². The first-order valence-corrected chi connectivity index (χ1v) is 6.93. The van der Waals surface area contributed by atoms with Crippen LogP contribution in [0.4, 0.5) is 0 Å². The van der Waals surface area contributed by atoms with E-state index in [1.807, 2.05) is 0 Å². The first-order valence-electron chi connectivity index (χ1n) is 6.13. The normalized spacial score (nSPS) is 17.7. The largest absolute Gasteiger partial charge is 0.271 e. The molecule has 1 aliphatic carbocycles. The van der Waals surface area contributed by atoms with Crippen molar-refractivity contribution in [2.24, 2.45) is 5.84 Å². The van der Waals surface area contributed by atoms with E-state index in [-0.39, 0.29) is 6.04 Å². The monoisotopic (exact) mass is 294 g/mol. The molecule has 92 valence electrons. The minimum Gasteiger partial charge on any atom is -0.271 e. The van der Waals surface area contributed by atoms with E-state index in [1.54, 1.807) is 0 Å². The molecule has 1 atom stereocenters. The molecule has 0 saturated carbocycles. The van der Waals surface area contributed by atoms with Crippen molar-refractivity contribution in [3.05, 3.63) is 45.4 Å². The van der Waals surface area contributed by atoms with Crippen molar-refractivity contribution in [2.45, 2.75) is 38.6 Å². The van der Waals surface area contributed by atoms with Gasteiger partial charge in [-0.05, 0) is 49.8 Å². The van der Waals surface area contributed by atoms with Gasteiger partial charge in [-0.25, -0.2) is 5.43 Å². The van der Waals surface area contributed by atoms with E-state index in [9.17, 15) is 0 Å². The number of hydrogen-bond acceptors (Lipinski definition) is 2. The first-order chi connectivity index (χ1) is 8.22. The Labute approximate surface area is 111 Å². The van der Waals surface area contributed by atoms with Gasteiger partial charge in [-0.3, -0.25) is 5.84 Å². The maximum absolute atomic E-state index is 5.72. The van der Waals surface area contributed by atoms with Crippen molar-refractivity contribution in [1.82, 2.24) is 5.43 Å². The van der Waals surface area contributed by atoms with Crippen LogP contribution in [0.3, 0.4) is 0 Å². The number of hydrogen-bond donors (Lipinski definition) is 2. The van der Waals surface area contributed by atoms with Gasteiger partial charge in [0, 0.05) is 4.47 Å². The maximum atomic E-state index is 5.72. The molecule has 2 nitrogen and oxygen atoms in total. The van der Waals surface area contributed by atoms with Crippen LogP contribution in [-0.4, -0.2) is 0 Å². The van der Waals surface area contributed by atoms with E-state index >= 15 is 0 Å². The molecule has 17 heavy (non-hydrogen) atoms. The van der Waals surface area contributed by atoms with E-state index in [1.165, 1.54) is 36.0 Å². The van der Waals surface area contributed by atoms with Gasteiger partial charge in [0.1, 0.15) is 0 Å². The zero-order valence-electron chi connectivity index (χ0n) is 10.2. The molecule has 1 unspecified atom stereocenters. The molecule has 0 spiro atoms. The van der Waals surface area contributed by atoms with Gasteiger partial charge >= 0.3 is 0 Å². The van der Waals surface area contributed by atoms with Gasteiger partial charge in [0.25, 0.3) is 0 Å². The highest BCUT2D eigenvalue weighted by Crippen LogP contribution is 2.31. The van der Waals surface area contributed by atoms with Crippen LogP contribution in [0.5, 0.6) is 0 Å².